The van der Waals surface area contributed by atoms with Gasteiger partial charge in [-0.25, -0.2) is 0 Å². The van der Waals surface area contributed by atoms with Crippen LogP contribution in [0, 0.1) is 0 Å². The molecule has 4 nitrogen and oxygen atoms in total. The van der Waals surface area contributed by atoms with Gasteiger partial charge in [-0.15, -0.1) is 0 Å². The Morgan fingerprint density at radius 2 is 2.07 bits per heavy atom. The van der Waals surface area contributed by atoms with Crippen LogP contribution in [-0.4, -0.2) is 31.3 Å². The van der Waals surface area contributed by atoms with Crippen molar-refractivity contribution in [2.24, 2.45) is 5.73 Å². The third-order valence-electron chi connectivity index (χ3n) is 2.32. The van der Waals surface area contributed by atoms with Gasteiger partial charge in [0.25, 0.3) is 0 Å². The first-order valence-electron chi connectivity index (χ1n) is 5.34. The van der Waals surface area contributed by atoms with Gasteiger partial charge in [0.1, 0.15) is 0 Å². The van der Waals surface area contributed by atoms with Crippen LogP contribution in [0.25, 0.3) is 0 Å². The van der Waals surface area contributed by atoms with Crippen LogP contribution in [0.4, 0.5) is 0 Å². The molecule has 15 heavy (non-hydrogen) atoms. The first-order valence-corrected chi connectivity index (χ1v) is 5.34. The summed E-state index contributed by atoms with van der Waals surface area (Å²) < 4.78 is 10.3. The minimum Gasteiger partial charge on any atom is -0.466 e. The summed E-state index contributed by atoms with van der Waals surface area (Å²) >= 11 is 0. The van der Waals surface area contributed by atoms with Gasteiger partial charge in [0, 0.05) is 26.0 Å². The van der Waals surface area contributed by atoms with Crippen LogP contribution in [0.5, 0.6) is 0 Å². The second-order valence-electron chi connectivity index (χ2n) is 4.45. The molecule has 0 aromatic carbocycles. The van der Waals surface area contributed by atoms with Gasteiger partial charge in [0.15, 0.2) is 0 Å². The van der Waals surface area contributed by atoms with Crippen LogP contribution in [0.2, 0.25) is 0 Å². The molecule has 0 aliphatic rings. The highest BCUT2D eigenvalue weighted by Crippen LogP contribution is 2.12. The van der Waals surface area contributed by atoms with E-state index in [4.69, 9.17) is 15.2 Å². The maximum atomic E-state index is 11.2. The number of carbonyl (C=O) groups excluding carboxylic acids is 1. The molecular formula is C11H23NO3. The summed E-state index contributed by atoms with van der Waals surface area (Å²) in [4.78, 5) is 11.2. The van der Waals surface area contributed by atoms with E-state index in [0.29, 0.717) is 25.9 Å². The zero-order valence-corrected chi connectivity index (χ0v) is 10.2. The van der Waals surface area contributed by atoms with Crippen molar-refractivity contribution in [3.63, 3.8) is 0 Å². The van der Waals surface area contributed by atoms with E-state index in [-0.39, 0.29) is 17.6 Å². The van der Waals surface area contributed by atoms with E-state index in [2.05, 4.69) is 0 Å². The van der Waals surface area contributed by atoms with Gasteiger partial charge in [-0.05, 0) is 27.2 Å². The summed E-state index contributed by atoms with van der Waals surface area (Å²) in [5.74, 6) is -0.181. The molecule has 0 saturated heterocycles. The second kappa shape index (κ2) is 6.80. The molecule has 0 rings (SSSR count). The molecule has 2 N–H and O–H groups in total. The standard InChI is InChI=1S/C11H23NO3/c1-9(12)5-6-10(13)15-8-7-11(2,3)14-4/h9H,5-8,12H2,1-4H3. The second-order valence-corrected chi connectivity index (χ2v) is 4.45. The Labute approximate surface area is 92.1 Å². The van der Waals surface area contributed by atoms with Crippen LogP contribution in [0.3, 0.4) is 0 Å². The predicted molar refractivity (Wildman–Crippen MR) is 59.5 cm³/mol. The van der Waals surface area contributed by atoms with Crippen molar-refractivity contribution in [1.29, 1.82) is 0 Å². The SMILES string of the molecule is COC(C)(C)CCOC(=O)CCC(C)N. The number of nitrogens with two attached hydrogens (primary N) is 1. The molecule has 1 unspecified atom stereocenters. The number of hydrogen-bond acceptors (Lipinski definition) is 4. The van der Waals surface area contributed by atoms with E-state index in [1.807, 2.05) is 20.8 Å². The fourth-order valence-electron chi connectivity index (χ4n) is 0.930. The summed E-state index contributed by atoms with van der Waals surface area (Å²) in [5, 5.41) is 0. The van der Waals surface area contributed by atoms with Gasteiger partial charge in [-0.1, -0.05) is 0 Å². The lowest BCUT2D eigenvalue weighted by molar-refractivity contribution is -0.145. The summed E-state index contributed by atoms with van der Waals surface area (Å²) in [6, 6.07) is 0.0490. The first-order chi connectivity index (χ1) is 6.87. The molecule has 0 aromatic heterocycles. The fourth-order valence-corrected chi connectivity index (χ4v) is 0.930. The number of hydrogen-bond donors (Lipinski definition) is 1. The Balaban J connectivity index is 3.55. The molecule has 4 heteroatoms. The maximum Gasteiger partial charge on any atom is 0.305 e. The zero-order valence-electron chi connectivity index (χ0n) is 10.2. The average Bonchev–Trinajstić information content (AvgIpc) is 2.14. The third kappa shape index (κ3) is 8.39. The molecule has 0 aliphatic heterocycles. The minimum atomic E-state index is -0.235. The van der Waals surface area contributed by atoms with E-state index in [1.54, 1.807) is 7.11 Å². The molecule has 0 spiro atoms. The normalized spacial score (nSPS) is 13.7. The van der Waals surface area contributed by atoms with Gasteiger partial charge < -0.3 is 15.2 Å². The van der Waals surface area contributed by atoms with Crippen molar-refractivity contribution in [3.8, 4) is 0 Å². The van der Waals surface area contributed by atoms with Gasteiger partial charge in [0.2, 0.25) is 0 Å². The molecule has 1 atom stereocenters. The largest absolute Gasteiger partial charge is 0.466 e. The van der Waals surface area contributed by atoms with Crippen molar-refractivity contribution in [2.75, 3.05) is 13.7 Å². The number of methoxy groups -OCH3 is 1. The third-order valence-corrected chi connectivity index (χ3v) is 2.32. The highest BCUT2D eigenvalue weighted by atomic mass is 16.5. The molecule has 90 valence electrons. The highest BCUT2D eigenvalue weighted by Gasteiger charge is 2.16. The van der Waals surface area contributed by atoms with E-state index in [9.17, 15) is 4.79 Å². The molecule has 0 radical (unpaired) electrons. The van der Waals surface area contributed by atoms with Crippen LogP contribution in [-0.2, 0) is 14.3 Å². The van der Waals surface area contributed by atoms with Crippen molar-refractivity contribution in [1.82, 2.24) is 0 Å². The Kier molecular flexibility index (Phi) is 6.52. The molecule has 0 saturated carbocycles. The van der Waals surface area contributed by atoms with Crippen LogP contribution < -0.4 is 5.73 Å². The predicted octanol–water partition coefficient (Wildman–Crippen LogP) is 1.47. The lowest BCUT2D eigenvalue weighted by atomic mass is 10.1. The van der Waals surface area contributed by atoms with E-state index in [1.165, 1.54) is 0 Å². The summed E-state index contributed by atoms with van der Waals surface area (Å²) in [5.41, 5.74) is 5.30. The van der Waals surface area contributed by atoms with Crippen LogP contribution >= 0.6 is 0 Å². The number of carbonyl (C=O) groups is 1. The highest BCUT2D eigenvalue weighted by molar-refractivity contribution is 5.69. The average molecular weight is 217 g/mol. The Morgan fingerprint density at radius 1 is 1.47 bits per heavy atom. The van der Waals surface area contributed by atoms with E-state index >= 15 is 0 Å². The van der Waals surface area contributed by atoms with Gasteiger partial charge in [-0.2, -0.15) is 0 Å². The van der Waals surface area contributed by atoms with Gasteiger partial charge >= 0.3 is 5.97 Å². The Hall–Kier alpha value is -0.610. The van der Waals surface area contributed by atoms with Crippen molar-refractivity contribution >= 4 is 5.97 Å². The van der Waals surface area contributed by atoms with E-state index in [0.717, 1.165) is 0 Å². The fraction of sp³-hybridized carbons (Fsp3) is 0.909. The maximum absolute atomic E-state index is 11.2. The summed E-state index contributed by atoms with van der Waals surface area (Å²) in [6.45, 7) is 6.20. The Morgan fingerprint density at radius 3 is 2.53 bits per heavy atom. The molecule has 0 amide bonds. The molecule has 0 heterocycles. The number of rotatable bonds is 7. The minimum absolute atomic E-state index is 0.0490. The van der Waals surface area contributed by atoms with Crippen LogP contribution in [0.1, 0.15) is 40.0 Å². The number of ether oxygens (including phenoxy) is 2. The van der Waals surface area contributed by atoms with Crippen molar-refractivity contribution < 1.29 is 14.3 Å². The van der Waals surface area contributed by atoms with Gasteiger partial charge in [0.05, 0.1) is 12.2 Å². The van der Waals surface area contributed by atoms with Crippen molar-refractivity contribution in [3.05, 3.63) is 0 Å². The molecular weight excluding hydrogens is 194 g/mol. The lowest BCUT2D eigenvalue weighted by Crippen LogP contribution is -2.25. The smallest absolute Gasteiger partial charge is 0.305 e. The monoisotopic (exact) mass is 217 g/mol. The molecule has 0 fully saturated rings. The number of esters is 1. The topological polar surface area (TPSA) is 61.5 Å². The quantitative estimate of drug-likeness (QED) is 0.656. The first kappa shape index (κ1) is 14.4. The summed E-state index contributed by atoms with van der Waals surface area (Å²) in [6.07, 6.45) is 1.77. The molecule has 0 aromatic rings. The zero-order chi connectivity index (χ0) is 11.9. The Bertz CT molecular complexity index is 190. The summed E-state index contributed by atoms with van der Waals surface area (Å²) in [7, 11) is 1.65. The molecule has 0 bridgehead atoms. The van der Waals surface area contributed by atoms with Crippen molar-refractivity contribution in [2.45, 2.75) is 51.7 Å². The van der Waals surface area contributed by atoms with Gasteiger partial charge in [-0.3, -0.25) is 4.79 Å². The molecule has 0 aliphatic carbocycles. The van der Waals surface area contributed by atoms with E-state index < -0.39 is 0 Å². The van der Waals surface area contributed by atoms with Crippen LogP contribution in [0.15, 0.2) is 0 Å². The lowest BCUT2D eigenvalue weighted by Gasteiger charge is -2.22.